The SMILES string of the molecule is Cc1c(Br)sc2c(=O)n(Cc3cccc(C(=O)N(C)C)n3)ccc12. The molecule has 1 amide bonds. The summed E-state index contributed by atoms with van der Waals surface area (Å²) < 4.78 is 3.32. The molecule has 0 aromatic carbocycles. The summed E-state index contributed by atoms with van der Waals surface area (Å²) in [6, 6.07) is 7.23. The predicted molar refractivity (Wildman–Crippen MR) is 99.9 cm³/mol. The molecular weight excluding hydrogens is 390 g/mol. The van der Waals surface area contributed by atoms with E-state index in [9.17, 15) is 9.59 Å². The van der Waals surface area contributed by atoms with Gasteiger partial charge in [-0.1, -0.05) is 6.07 Å². The first-order valence-corrected chi connectivity index (χ1v) is 8.95. The number of hydrogen-bond acceptors (Lipinski definition) is 4. The Kier molecular flexibility index (Phi) is 4.56. The van der Waals surface area contributed by atoms with E-state index in [0.29, 0.717) is 17.9 Å². The molecule has 0 unspecified atom stereocenters. The average Bonchev–Trinajstić information content (AvgIpc) is 2.85. The number of hydrogen-bond donors (Lipinski definition) is 0. The van der Waals surface area contributed by atoms with Crippen LogP contribution in [0.4, 0.5) is 0 Å². The van der Waals surface area contributed by atoms with Crippen LogP contribution in [-0.4, -0.2) is 34.5 Å². The molecule has 0 bridgehead atoms. The van der Waals surface area contributed by atoms with Gasteiger partial charge in [0.05, 0.1) is 16.0 Å². The van der Waals surface area contributed by atoms with Crippen LogP contribution in [0.2, 0.25) is 0 Å². The highest BCUT2D eigenvalue weighted by atomic mass is 79.9. The van der Waals surface area contributed by atoms with Gasteiger partial charge in [0.15, 0.2) is 0 Å². The van der Waals surface area contributed by atoms with Gasteiger partial charge in [0, 0.05) is 25.7 Å². The number of halogens is 1. The number of carbonyl (C=O) groups excluding carboxylic acids is 1. The number of rotatable bonds is 3. The molecular formula is C17H16BrN3O2S. The summed E-state index contributed by atoms with van der Waals surface area (Å²) in [5, 5.41) is 0.970. The summed E-state index contributed by atoms with van der Waals surface area (Å²) in [6.07, 6.45) is 1.78. The van der Waals surface area contributed by atoms with E-state index in [0.717, 1.165) is 19.4 Å². The van der Waals surface area contributed by atoms with Gasteiger partial charge in [0.25, 0.3) is 11.5 Å². The Balaban J connectivity index is 1.99. The molecule has 5 nitrogen and oxygen atoms in total. The third kappa shape index (κ3) is 3.01. The highest BCUT2D eigenvalue weighted by Crippen LogP contribution is 2.32. The number of thiophene rings is 1. The molecule has 7 heteroatoms. The van der Waals surface area contributed by atoms with Gasteiger partial charge >= 0.3 is 0 Å². The summed E-state index contributed by atoms with van der Waals surface area (Å²) >= 11 is 4.93. The fraction of sp³-hybridized carbons (Fsp3) is 0.235. The Hall–Kier alpha value is -1.99. The lowest BCUT2D eigenvalue weighted by molar-refractivity contribution is 0.0821. The number of aromatic nitrogens is 2. The topological polar surface area (TPSA) is 55.2 Å². The van der Waals surface area contributed by atoms with E-state index in [2.05, 4.69) is 20.9 Å². The van der Waals surface area contributed by atoms with Crippen molar-refractivity contribution >= 4 is 43.3 Å². The molecule has 3 heterocycles. The molecule has 0 fully saturated rings. The van der Waals surface area contributed by atoms with Crippen molar-refractivity contribution < 1.29 is 4.79 Å². The summed E-state index contributed by atoms with van der Waals surface area (Å²) in [5.41, 5.74) is 2.09. The molecule has 0 radical (unpaired) electrons. The van der Waals surface area contributed by atoms with Crippen molar-refractivity contribution in [3.63, 3.8) is 0 Å². The second-order valence-electron chi connectivity index (χ2n) is 5.71. The Morgan fingerprint density at radius 3 is 2.79 bits per heavy atom. The van der Waals surface area contributed by atoms with Crippen LogP contribution in [0.25, 0.3) is 10.1 Å². The summed E-state index contributed by atoms with van der Waals surface area (Å²) in [4.78, 5) is 30.6. The third-order valence-electron chi connectivity index (χ3n) is 3.78. The highest BCUT2D eigenvalue weighted by molar-refractivity contribution is 9.11. The van der Waals surface area contributed by atoms with E-state index < -0.39 is 0 Å². The van der Waals surface area contributed by atoms with E-state index in [1.165, 1.54) is 16.2 Å². The van der Waals surface area contributed by atoms with Crippen LogP contribution in [0, 0.1) is 6.92 Å². The zero-order chi connectivity index (χ0) is 17.4. The summed E-state index contributed by atoms with van der Waals surface area (Å²) in [5.74, 6) is -0.155. The normalized spacial score (nSPS) is 11.0. The first-order chi connectivity index (χ1) is 11.4. The number of carbonyl (C=O) groups is 1. The minimum absolute atomic E-state index is 0.0440. The van der Waals surface area contributed by atoms with Crippen LogP contribution in [0.1, 0.15) is 21.7 Å². The summed E-state index contributed by atoms with van der Waals surface area (Å²) in [7, 11) is 3.37. The van der Waals surface area contributed by atoms with E-state index >= 15 is 0 Å². The van der Waals surface area contributed by atoms with Gasteiger partial charge in [-0.25, -0.2) is 4.98 Å². The zero-order valence-electron chi connectivity index (χ0n) is 13.5. The van der Waals surface area contributed by atoms with Crippen molar-refractivity contribution in [1.82, 2.24) is 14.5 Å². The fourth-order valence-corrected chi connectivity index (χ4v) is 4.11. The molecule has 0 aliphatic heterocycles. The molecule has 0 N–H and O–H groups in total. The maximum absolute atomic E-state index is 12.7. The molecule has 3 aromatic rings. The van der Waals surface area contributed by atoms with Crippen molar-refractivity contribution in [2.24, 2.45) is 0 Å². The molecule has 124 valence electrons. The van der Waals surface area contributed by atoms with E-state index in [4.69, 9.17) is 0 Å². The molecule has 3 aromatic heterocycles. The van der Waals surface area contributed by atoms with Crippen LogP contribution in [0.3, 0.4) is 0 Å². The number of aryl methyl sites for hydroxylation is 1. The molecule has 0 aliphatic rings. The van der Waals surface area contributed by atoms with Gasteiger partial charge in [-0.2, -0.15) is 0 Å². The Bertz CT molecular complexity index is 991. The van der Waals surface area contributed by atoms with Crippen molar-refractivity contribution in [1.29, 1.82) is 0 Å². The molecule has 0 atom stereocenters. The molecule has 0 aliphatic carbocycles. The lowest BCUT2D eigenvalue weighted by Crippen LogP contribution is -2.24. The number of amides is 1. The van der Waals surface area contributed by atoms with Crippen molar-refractivity contribution in [3.8, 4) is 0 Å². The van der Waals surface area contributed by atoms with Gasteiger partial charge in [0.2, 0.25) is 0 Å². The number of pyridine rings is 2. The first-order valence-electron chi connectivity index (χ1n) is 7.34. The van der Waals surface area contributed by atoms with Gasteiger partial charge in [-0.3, -0.25) is 9.59 Å². The maximum Gasteiger partial charge on any atom is 0.271 e. The standard InChI is InChI=1S/C17H16BrN3O2S/c1-10-12-7-8-21(17(23)14(12)24-15(10)18)9-11-5-4-6-13(19-11)16(22)20(2)3/h4-8H,9H2,1-3H3. The van der Waals surface area contributed by atoms with E-state index in [-0.39, 0.29) is 11.5 Å². The van der Waals surface area contributed by atoms with Crippen molar-refractivity contribution in [2.45, 2.75) is 13.5 Å². The molecule has 24 heavy (non-hydrogen) atoms. The fourth-order valence-electron chi connectivity index (χ4n) is 2.43. The van der Waals surface area contributed by atoms with Crippen LogP contribution in [0.5, 0.6) is 0 Å². The molecule has 0 saturated carbocycles. The highest BCUT2D eigenvalue weighted by Gasteiger charge is 2.13. The smallest absolute Gasteiger partial charge is 0.271 e. The molecule has 0 saturated heterocycles. The van der Waals surface area contributed by atoms with Gasteiger partial charge in [-0.05, 0) is 46.6 Å². The minimum Gasteiger partial charge on any atom is -0.343 e. The molecule has 3 rings (SSSR count). The van der Waals surface area contributed by atoms with Gasteiger partial charge in [0.1, 0.15) is 10.4 Å². The van der Waals surface area contributed by atoms with Crippen LogP contribution >= 0.6 is 27.3 Å². The second-order valence-corrected chi connectivity index (χ2v) is 8.04. The lowest BCUT2D eigenvalue weighted by atomic mass is 10.2. The van der Waals surface area contributed by atoms with Crippen LogP contribution in [0.15, 0.2) is 39.0 Å². The summed E-state index contributed by atoms with van der Waals surface area (Å²) in [6.45, 7) is 2.32. The van der Waals surface area contributed by atoms with E-state index in [1.807, 2.05) is 19.1 Å². The number of nitrogens with zero attached hydrogens (tertiary/aromatic N) is 3. The van der Waals surface area contributed by atoms with Crippen molar-refractivity contribution in [3.05, 3.63) is 61.6 Å². The largest absolute Gasteiger partial charge is 0.343 e. The zero-order valence-corrected chi connectivity index (χ0v) is 15.9. The Morgan fingerprint density at radius 1 is 1.33 bits per heavy atom. The molecule has 0 spiro atoms. The van der Waals surface area contributed by atoms with Crippen LogP contribution in [-0.2, 0) is 6.54 Å². The van der Waals surface area contributed by atoms with Gasteiger partial charge in [-0.15, -0.1) is 11.3 Å². The lowest BCUT2D eigenvalue weighted by Gasteiger charge is -2.11. The monoisotopic (exact) mass is 405 g/mol. The van der Waals surface area contributed by atoms with E-state index in [1.54, 1.807) is 37.0 Å². The Morgan fingerprint density at radius 2 is 2.08 bits per heavy atom. The third-order valence-corrected chi connectivity index (χ3v) is 5.94. The van der Waals surface area contributed by atoms with Gasteiger partial charge < -0.3 is 9.47 Å². The van der Waals surface area contributed by atoms with Crippen molar-refractivity contribution in [2.75, 3.05) is 14.1 Å². The minimum atomic E-state index is -0.155. The quantitative estimate of drug-likeness (QED) is 0.671. The first kappa shape index (κ1) is 16.9. The predicted octanol–water partition coefficient (Wildman–Crippen LogP) is 3.28. The number of fused-ring (bicyclic) bond motifs is 1. The average molecular weight is 406 g/mol. The Labute approximate surface area is 151 Å². The second kappa shape index (κ2) is 6.49. The maximum atomic E-state index is 12.7. The van der Waals surface area contributed by atoms with Crippen LogP contribution < -0.4 is 5.56 Å².